The quantitative estimate of drug-likeness (QED) is 0.303. The molecule has 1 aliphatic carbocycles. The average Bonchev–Trinajstić information content (AvgIpc) is 2.65. The van der Waals surface area contributed by atoms with E-state index >= 15 is 0 Å². The highest BCUT2D eigenvalue weighted by Gasteiger charge is 2.53. The van der Waals surface area contributed by atoms with E-state index in [0.29, 0.717) is 12.1 Å². The van der Waals surface area contributed by atoms with Crippen molar-refractivity contribution in [1.29, 1.82) is 0 Å². The molecule has 0 aromatic heterocycles. The fourth-order valence-corrected chi connectivity index (χ4v) is 5.18. The third kappa shape index (κ3) is 5.20. The SMILES string of the molecule is CCOC1CC(NC(=NC)NCC2(SC)CCOCC2)C1(CC)CC.I. The Bertz CT molecular complexity index is 441. The van der Waals surface area contributed by atoms with Gasteiger partial charge in [0.2, 0.25) is 0 Å². The minimum Gasteiger partial charge on any atom is -0.381 e. The van der Waals surface area contributed by atoms with Crippen molar-refractivity contribution in [1.82, 2.24) is 10.6 Å². The van der Waals surface area contributed by atoms with Gasteiger partial charge in [-0.25, -0.2) is 0 Å². The number of aliphatic imine (C=N–C) groups is 1. The number of guanidine groups is 1. The third-order valence-electron chi connectivity index (χ3n) is 6.42. The smallest absolute Gasteiger partial charge is 0.191 e. The first-order valence-corrected chi connectivity index (χ1v) is 11.0. The van der Waals surface area contributed by atoms with Crippen molar-refractivity contribution < 1.29 is 9.47 Å². The molecule has 0 amide bonds. The fourth-order valence-electron chi connectivity index (χ4n) is 4.38. The maximum Gasteiger partial charge on any atom is 0.191 e. The standard InChI is InChI=1S/C19H37N3O2S.HI/c1-6-19(7-2)15(13-16(19)24-8-3)22-17(20-4)21-14-18(25-5)9-11-23-12-10-18;/h15-16H,6-14H2,1-5H3,(H2,20,21,22);1H. The Morgan fingerprint density at radius 3 is 2.38 bits per heavy atom. The predicted octanol–water partition coefficient (Wildman–Crippen LogP) is 3.67. The van der Waals surface area contributed by atoms with Crippen LogP contribution in [-0.4, -0.2) is 62.5 Å². The van der Waals surface area contributed by atoms with Crippen LogP contribution in [0.5, 0.6) is 0 Å². The summed E-state index contributed by atoms with van der Waals surface area (Å²) in [7, 11) is 1.86. The predicted molar refractivity (Wildman–Crippen MR) is 123 cm³/mol. The van der Waals surface area contributed by atoms with Crippen molar-refractivity contribution in [3.05, 3.63) is 0 Å². The summed E-state index contributed by atoms with van der Waals surface area (Å²) in [6, 6.07) is 0.435. The Morgan fingerprint density at radius 2 is 1.88 bits per heavy atom. The van der Waals surface area contributed by atoms with Gasteiger partial charge in [0.05, 0.1) is 6.10 Å². The molecule has 26 heavy (non-hydrogen) atoms. The van der Waals surface area contributed by atoms with Crippen molar-refractivity contribution >= 4 is 41.7 Å². The molecule has 2 unspecified atom stereocenters. The maximum absolute atomic E-state index is 5.99. The lowest BCUT2D eigenvalue weighted by Crippen LogP contribution is -2.66. The summed E-state index contributed by atoms with van der Waals surface area (Å²) in [5.41, 5.74) is 0.226. The van der Waals surface area contributed by atoms with Gasteiger partial charge in [-0.05, 0) is 45.3 Å². The maximum atomic E-state index is 5.99. The molecule has 1 saturated carbocycles. The van der Waals surface area contributed by atoms with Gasteiger partial charge in [-0.2, -0.15) is 11.8 Å². The van der Waals surface area contributed by atoms with E-state index in [1.54, 1.807) is 0 Å². The van der Waals surface area contributed by atoms with Crippen LogP contribution >= 0.6 is 35.7 Å². The molecule has 0 aromatic carbocycles. The molecule has 1 heterocycles. The third-order valence-corrected chi connectivity index (χ3v) is 7.84. The van der Waals surface area contributed by atoms with Gasteiger partial charge in [0.1, 0.15) is 0 Å². The summed E-state index contributed by atoms with van der Waals surface area (Å²) < 4.78 is 11.8. The van der Waals surface area contributed by atoms with E-state index in [1.807, 2.05) is 18.8 Å². The van der Waals surface area contributed by atoms with Crippen LogP contribution in [0.4, 0.5) is 0 Å². The molecule has 1 saturated heterocycles. The molecule has 0 radical (unpaired) electrons. The minimum absolute atomic E-state index is 0. The first-order valence-electron chi connectivity index (χ1n) is 9.81. The van der Waals surface area contributed by atoms with Gasteiger partial charge in [0, 0.05) is 49.6 Å². The molecule has 2 fully saturated rings. The summed E-state index contributed by atoms with van der Waals surface area (Å²) in [5, 5.41) is 7.27. The van der Waals surface area contributed by atoms with Crippen LogP contribution in [0.15, 0.2) is 4.99 Å². The second kappa shape index (κ2) is 11.3. The van der Waals surface area contributed by atoms with Crippen molar-refractivity contribution in [2.24, 2.45) is 10.4 Å². The van der Waals surface area contributed by atoms with Gasteiger partial charge >= 0.3 is 0 Å². The zero-order valence-electron chi connectivity index (χ0n) is 17.1. The zero-order chi connectivity index (χ0) is 18.3. The fraction of sp³-hybridized carbons (Fsp3) is 0.947. The number of hydrogen-bond acceptors (Lipinski definition) is 4. The normalized spacial score (nSPS) is 27.2. The molecule has 7 heteroatoms. The lowest BCUT2D eigenvalue weighted by Gasteiger charge is -2.55. The highest BCUT2D eigenvalue weighted by Crippen LogP contribution is 2.48. The van der Waals surface area contributed by atoms with Gasteiger partial charge in [0.25, 0.3) is 0 Å². The van der Waals surface area contributed by atoms with Crippen molar-refractivity contribution in [2.45, 2.75) is 69.8 Å². The number of hydrogen-bond donors (Lipinski definition) is 2. The van der Waals surface area contributed by atoms with Crippen molar-refractivity contribution in [3.8, 4) is 0 Å². The molecule has 1 aliphatic heterocycles. The van der Waals surface area contributed by atoms with Crippen LogP contribution in [-0.2, 0) is 9.47 Å². The van der Waals surface area contributed by atoms with E-state index in [-0.39, 0.29) is 34.1 Å². The van der Waals surface area contributed by atoms with Crippen molar-refractivity contribution in [2.75, 3.05) is 39.7 Å². The topological polar surface area (TPSA) is 54.9 Å². The Morgan fingerprint density at radius 1 is 1.23 bits per heavy atom. The zero-order valence-corrected chi connectivity index (χ0v) is 20.2. The number of nitrogens with one attached hydrogen (secondary N) is 2. The molecule has 2 N–H and O–H groups in total. The second-order valence-corrected chi connectivity index (χ2v) is 8.52. The van der Waals surface area contributed by atoms with Crippen LogP contribution in [0, 0.1) is 5.41 Å². The highest BCUT2D eigenvalue weighted by atomic mass is 127. The Balaban J connectivity index is 0.00000338. The van der Waals surface area contributed by atoms with Crippen LogP contribution in [0.3, 0.4) is 0 Å². The van der Waals surface area contributed by atoms with Crippen LogP contribution in [0.2, 0.25) is 0 Å². The number of halogens is 1. The summed E-state index contributed by atoms with van der Waals surface area (Å²) >= 11 is 1.95. The Labute approximate surface area is 181 Å². The second-order valence-electron chi connectivity index (χ2n) is 7.24. The average molecular weight is 500 g/mol. The monoisotopic (exact) mass is 499 g/mol. The van der Waals surface area contributed by atoms with Crippen LogP contribution < -0.4 is 10.6 Å². The first-order chi connectivity index (χ1) is 12.1. The Hall–Kier alpha value is 0.270. The number of ether oxygens (including phenoxy) is 2. The van der Waals surface area contributed by atoms with Gasteiger partial charge in [0.15, 0.2) is 5.96 Å². The largest absolute Gasteiger partial charge is 0.381 e. The molecule has 0 aromatic rings. The van der Waals surface area contributed by atoms with Gasteiger partial charge in [-0.15, -0.1) is 24.0 Å². The summed E-state index contributed by atoms with van der Waals surface area (Å²) in [6.07, 6.45) is 8.11. The van der Waals surface area contributed by atoms with E-state index in [2.05, 4.69) is 42.7 Å². The molecular formula is C19H38IN3O2S. The van der Waals surface area contributed by atoms with E-state index in [4.69, 9.17) is 9.47 Å². The van der Waals surface area contributed by atoms with Gasteiger partial charge in [-0.1, -0.05) is 13.8 Å². The summed E-state index contributed by atoms with van der Waals surface area (Å²) in [6.45, 7) is 10.1. The summed E-state index contributed by atoms with van der Waals surface area (Å²) in [5.74, 6) is 0.922. The molecule has 0 spiro atoms. The van der Waals surface area contributed by atoms with Gasteiger partial charge in [-0.3, -0.25) is 4.99 Å². The molecule has 2 atom stereocenters. The van der Waals surface area contributed by atoms with Crippen LogP contribution in [0.25, 0.3) is 0 Å². The molecule has 154 valence electrons. The summed E-state index contributed by atoms with van der Waals surface area (Å²) in [4.78, 5) is 4.48. The Kier molecular flexibility index (Phi) is 10.6. The van der Waals surface area contributed by atoms with Crippen molar-refractivity contribution in [3.63, 3.8) is 0 Å². The lowest BCUT2D eigenvalue weighted by molar-refractivity contribution is -0.133. The van der Waals surface area contributed by atoms with E-state index in [9.17, 15) is 0 Å². The van der Waals surface area contributed by atoms with Gasteiger partial charge < -0.3 is 20.1 Å². The molecule has 0 bridgehead atoms. The van der Waals surface area contributed by atoms with E-state index in [0.717, 1.165) is 64.4 Å². The molecule has 2 rings (SSSR count). The first kappa shape index (κ1) is 24.3. The van der Waals surface area contributed by atoms with Crippen LogP contribution in [0.1, 0.15) is 52.9 Å². The number of nitrogens with zero attached hydrogens (tertiary/aromatic N) is 1. The van der Waals surface area contributed by atoms with E-state index in [1.165, 1.54) is 0 Å². The number of rotatable bonds is 8. The highest BCUT2D eigenvalue weighted by molar-refractivity contribution is 14.0. The van der Waals surface area contributed by atoms with E-state index < -0.39 is 0 Å². The lowest BCUT2D eigenvalue weighted by atomic mass is 9.58. The molecular weight excluding hydrogens is 461 g/mol. The molecule has 2 aliphatic rings. The number of thioether (sulfide) groups is 1. The molecule has 5 nitrogen and oxygen atoms in total. The minimum atomic E-state index is 0.